The van der Waals surface area contributed by atoms with Crippen LogP contribution in [0.4, 0.5) is 4.79 Å². The standard InChI is InChI=1S/C12H22N2O4/c15-8-10(11(16)17)14-12(18)13-9-6-4-2-1-3-5-7-9/h9-10,15H,1-8H2,(H,16,17)(H2,13,14,18). The molecule has 2 amide bonds. The first-order valence-corrected chi connectivity index (χ1v) is 6.54. The van der Waals surface area contributed by atoms with Crippen molar-refractivity contribution in [3.8, 4) is 0 Å². The normalized spacial score (nSPS) is 19.4. The third-order valence-corrected chi connectivity index (χ3v) is 3.23. The van der Waals surface area contributed by atoms with E-state index in [2.05, 4.69) is 10.6 Å². The predicted molar refractivity (Wildman–Crippen MR) is 66.3 cm³/mol. The second-order valence-electron chi connectivity index (χ2n) is 4.73. The van der Waals surface area contributed by atoms with Crippen LogP contribution in [0.3, 0.4) is 0 Å². The summed E-state index contributed by atoms with van der Waals surface area (Å²) in [6, 6.07) is -1.64. The molecule has 104 valence electrons. The molecule has 0 saturated heterocycles. The number of urea groups is 1. The molecule has 0 bridgehead atoms. The highest BCUT2D eigenvalue weighted by molar-refractivity contribution is 5.82. The summed E-state index contributed by atoms with van der Waals surface area (Å²) in [6.07, 6.45) is 7.68. The molecular formula is C12H22N2O4. The number of carboxylic acids is 1. The minimum Gasteiger partial charge on any atom is -0.480 e. The van der Waals surface area contributed by atoms with E-state index in [-0.39, 0.29) is 6.04 Å². The van der Waals surface area contributed by atoms with E-state index < -0.39 is 24.6 Å². The SMILES string of the molecule is O=C(NC1CCCCCCC1)NC(CO)C(=O)O. The third kappa shape index (κ3) is 5.35. The van der Waals surface area contributed by atoms with Crippen molar-refractivity contribution < 1.29 is 19.8 Å². The van der Waals surface area contributed by atoms with Crippen molar-refractivity contribution in [1.29, 1.82) is 0 Å². The summed E-state index contributed by atoms with van der Waals surface area (Å²) in [5, 5.41) is 22.5. The second-order valence-corrected chi connectivity index (χ2v) is 4.73. The van der Waals surface area contributed by atoms with Crippen LogP contribution in [0.15, 0.2) is 0 Å². The predicted octanol–water partition coefficient (Wildman–Crippen LogP) is 0.844. The average Bonchev–Trinajstić information content (AvgIpc) is 2.29. The van der Waals surface area contributed by atoms with E-state index in [0.29, 0.717) is 0 Å². The molecule has 0 aromatic carbocycles. The number of rotatable bonds is 4. The molecular weight excluding hydrogens is 236 g/mol. The fourth-order valence-electron chi connectivity index (χ4n) is 2.17. The van der Waals surface area contributed by atoms with Crippen molar-refractivity contribution >= 4 is 12.0 Å². The van der Waals surface area contributed by atoms with E-state index in [1.807, 2.05) is 0 Å². The molecule has 18 heavy (non-hydrogen) atoms. The van der Waals surface area contributed by atoms with E-state index in [0.717, 1.165) is 25.7 Å². The van der Waals surface area contributed by atoms with Crippen molar-refractivity contribution in [2.24, 2.45) is 0 Å². The van der Waals surface area contributed by atoms with Crippen molar-refractivity contribution in [3.05, 3.63) is 0 Å². The maximum atomic E-state index is 11.6. The first kappa shape index (κ1) is 14.8. The highest BCUT2D eigenvalue weighted by Crippen LogP contribution is 2.16. The maximum Gasteiger partial charge on any atom is 0.328 e. The number of aliphatic hydroxyl groups is 1. The summed E-state index contributed by atoms with van der Waals surface area (Å²) < 4.78 is 0. The lowest BCUT2D eigenvalue weighted by Crippen LogP contribution is -2.50. The molecule has 0 aromatic heterocycles. The van der Waals surface area contributed by atoms with Gasteiger partial charge in [0.1, 0.15) is 0 Å². The number of aliphatic hydroxyl groups excluding tert-OH is 1. The molecule has 1 unspecified atom stereocenters. The summed E-state index contributed by atoms with van der Waals surface area (Å²) >= 11 is 0. The van der Waals surface area contributed by atoms with Gasteiger partial charge in [-0.1, -0.05) is 32.1 Å². The molecule has 0 aliphatic heterocycles. The van der Waals surface area contributed by atoms with Crippen LogP contribution < -0.4 is 10.6 Å². The molecule has 1 saturated carbocycles. The zero-order valence-corrected chi connectivity index (χ0v) is 10.5. The molecule has 1 aliphatic carbocycles. The summed E-state index contributed by atoms with van der Waals surface area (Å²) in [7, 11) is 0. The van der Waals surface area contributed by atoms with Gasteiger partial charge in [0.2, 0.25) is 0 Å². The minimum atomic E-state index is -1.24. The number of nitrogens with one attached hydrogen (secondary N) is 2. The smallest absolute Gasteiger partial charge is 0.328 e. The zero-order chi connectivity index (χ0) is 13.4. The van der Waals surface area contributed by atoms with E-state index in [9.17, 15) is 9.59 Å². The average molecular weight is 258 g/mol. The van der Waals surface area contributed by atoms with Crippen LogP contribution in [-0.4, -0.2) is 40.9 Å². The van der Waals surface area contributed by atoms with Gasteiger partial charge in [-0.2, -0.15) is 0 Å². The van der Waals surface area contributed by atoms with Gasteiger partial charge in [-0.3, -0.25) is 0 Å². The Hall–Kier alpha value is -1.30. The number of carbonyl (C=O) groups excluding carboxylic acids is 1. The van der Waals surface area contributed by atoms with E-state index >= 15 is 0 Å². The van der Waals surface area contributed by atoms with Crippen LogP contribution in [0, 0.1) is 0 Å². The number of carbonyl (C=O) groups is 2. The van der Waals surface area contributed by atoms with Gasteiger partial charge in [-0.25, -0.2) is 9.59 Å². The second kappa shape index (κ2) is 7.92. The van der Waals surface area contributed by atoms with Crippen molar-refractivity contribution in [1.82, 2.24) is 10.6 Å². The molecule has 0 aromatic rings. The van der Waals surface area contributed by atoms with Crippen LogP contribution in [0.2, 0.25) is 0 Å². The zero-order valence-electron chi connectivity index (χ0n) is 10.5. The minimum absolute atomic E-state index is 0.110. The Morgan fingerprint density at radius 3 is 2.17 bits per heavy atom. The molecule has 1 aliphatic rings. The Morgan fingerprint density at radius 2 is 1.67 bits per heavy atom. The first-order valence-electron chi connectivity index (χ1n) is 6.54. The Balaban J connectivity index is 2.35. The Kier molecular flexibility index (Phi) is 6.49. The van der Waals surface area contributed by atoms with Crippen molar-refractivity contribution in [3.63, 3.8) is 0 Å². The Bertz CT molecular complexity index is 275. The van der Waals surface area contributed by atoms with Gasteiger partial charge < -0.3 is 20.8 Å². The van der Waals surface area contributed by atoms with Gasteiger partial charge in [0.05, 0.1) is 6.61 Å². The van der Waals surface area contributed by atoms with Crippen LogP contribution >= 0.6 is 0 Å². The number of aliphatic carboxylic acids is 1. The molecule has 1 rings (SSSR count). The van der Waals surface area contributed by atoms with E-state index in [4.69, 9.17) is 10.2 Å². The summed E-state index contributed by atoms with van der Waals surface area (Å²) in [6.45, 7) is -0.604. The molecule has 0 radical (unpaired) electrons. The van der Waals surface area contributed by atoms with Gasteiger partial charge in [-0.15, -0.1) is 0 Å². The largest absolute Gasteiger partial charge is 0.480 e. The lowest BCUT2D eigenvalue weighted by Gasteiger charge is -2.22. The highest BCUT2D eigenvalue weighted by Gasteiger charge is 2.20. The van der Waals surface area contributed by atoms with Crippen LogP contribution in [0.1, 0.15) is 44.9 Å². The third-order valence-electron chi connectivity index (χ3n) is 3.23. The van der Waals surface area contributed by atoms with Crippen LogP contribution in [0.5, 0.6) is 0 Å². The number of amides is 2. The monoisotopic (exact) mass is 258 g/mol. The molecule has 6 heteroatoms. The van der Waals surface area contributed by atoms with Crippen molar-refractivity contribution in [2.75, 3.05) is 6.61 Å². The fraction of sp³-hybridized carbons (Fsp3) is 0.833. The molecule has 6 nitrogen and oxygen atoms in total. The highest BCUT2D eigenvalue weighted by atomic mass is 16.4. The van der Waals surface area contributed by atoms with Gasteiger partial charge in [-0.05, 0) is 12.8 Å². The summed E-state index contributed by atoms with van der Waals surface area (Å²) in [4.78, 5) is 22.2. The van der Waals surface area contributed by atoms with Gasteiger partial charge >= 0.3 is 12.0 Å². The Labute approximate surface area is 107 Å². The van der Waals surface area contributed by atoms with E-state index in [1.165, 1.54) is 19.3 Å². The number of hydrogen-bond acceptors (Lipinski definition) is 3. The molecule has 4 N–H and O–H groups in total. The lowest BCUT2D eigenvalue weighted by atomic mass is 9.97. The van der Waals surface area contributed by atoms with Gasteiger partial charge in [0.25, 0.3) is 0 Å². The van der Waals surface area contributed by atoms with Gasteiger partial charge in [0.15, 0.2) is 6.04 Å². The molecule has 0 heterocycles. The molecule has 0 spiro atoms. The van der Waals surface area contributed by atoms with Gasteiger partial charge in [0, 0.05) is 6.04 Å². The quantitative estimate of drug-likeness (QED) is 0.600. The Morgan fingerprint density at radius 1 is 1.11 bits per heavy atom. The lowest BCUT2D eigenvalue weighted by molar-refractivity contribution is -0.140. The summed E-state index contributed by atoms with van der Waals surface area (Å²) in [5.41, 5.74) is 0. The van der Waals surface area contributed by atoms with Crippen LogP contribution in [-0.2, 0) is 4.79 Å². The topological polar surface area (TPSA) is 98.7 Å². The van der Waals surface area contributed by atoms with E-state index in [1.54, 1.807) is 0 Å². The number of hydrogen-bond donors (Lipinski definition) is 4. The van der Waals surface area contributed by atoms with Crippen molar-refractivity contribution in [2.45, 2.75) is 57.0 Å². The maximum absolute atomic E-state index is 11.6. The number of carboxylic acid groups (broad SMARTS) is 1. The van der Waals surface area contributed by atoms with Crippen LogP contribution in [0.25, 0.3) is 0 Å². The summed E-state index contributed by atoms with van der Waals surface area (Å²) in [5.74, 6) is -1.23. The molecule has 1 fully saturated rings. The molecule has 1 atom stereocenters. The first-order chi connectivity index (χ1) is 8.63. The fourth-order valence-corrected chi connectivity index (χ4v) is 2.17.